The van der Waals surface area contributed by atoms with Gasteiger partial charge in [-0.3, -0.25) is 4.68 Å². The molecular formula is C23H30N4S2. The lowest BCUT2D eigenvalue weighted by atomic mass is 9.90. The number of hydrogen-bond donors (Lipinski definition) is 1. The van der Waals surface area contributed by atoms with Crippen LogP contribution in [0.15, 0.2) is 35.4 Å². The first-order chi connectivity index (χ1) is 14.0. The maximum atomic E-state index is 4.82. The molecule has 29 heavy (non-hydrogen) atoms. The fourth-order valence-corrected chi connectivity index (χ4v) is 6.07. The quantitative estimate of drug-likeness (QED) is 0.425. The van der Waals surface area contributed by atoms with Crippen molar-refractivity contribution in [2.45, 2.75) is 68.9 Å². The van der Waals surface area contributed by atoms with Gasteiger partial charge in [0.2, 0.25) is 0 Å². The molecule has 0 amide bonds. The lowest BCUT2D eigenvalue weighted by Crippen LogP contribution is -2.03. The number of anilines is 2. The number of benzene rings is 1. The highest BCUT2D eigenvalue weighted by molar-refractivity contribution is 8.00. The molecule has 1 fully saturated rings. The van der Waals surface area contributed by atoms with Gasteiger partial charge in [-0.1, -0.05) is 39.2 Å². The zero-order valence-corrected chi connectivity index (χ0v) is 19.4. The SMILES string of the molecule is Cc1cc(Nc2ccc(-c3cnc(C4CCCCC4)s3)c(SC(C)C)c2)nn1C. The van der Waals surface area contributed by atoms with E-state index in [-0.39, 0.29) is 0 Å². The van der Waals surface area contributed by atoms with E-state index in [1.54, 1.807) is 0 Å². The molecule has 1 saturated carbocycles. The summed E-state index contributed by atoms with van der Waals surface area (Å²) in [5.41, 5.74) is 3.51. The molecule has 154 valence electrons. The van der Waals surface area contributed by atoms with Crippen molar-refractivity contribution in [2.75, 3.05) is 5.32 Å². The van der Waals surface area contributed by atoms with Gasteiger partial charge in [-0.05, 0) is 31.9 Å². The van der Waals surface area contributed by atoms with Crippen LogP contribution in [0.2, 0.25) is 0 Å². The molecule has 0 saturated heterocycles. The average Bonchev–Trinajstić information content (AvgIpc) is 3.29. The maximum Gasteiger partial charge on any atom is 0.152 e. The van der Waals surface area contributed by atoms with Crippen LogP contribution in [0.4, 0.5) is 11.5 Å². The van der Waals surface area contributed by atoms with Crippen LogP contribution in [0.1, 0.15) is 62.6 Å². The number of nitrogens with zero attached hydrogens (tertiary/aromatic N) is 3. The Morgan fingerprint density at radius 1 is 1.17 bits per heavy atom. The molecule has 1 aromatic carbocycles. The largest absolute Gasteiger partial charge is 0.339 e. The number of thioether (sulfide) groups is 1. The van der Waals surface area contributed by atoms with Gasteiger partial charge in [0.05, 0.1) is 9.88 Å². The van der Waals surface area contributed by atoms with E-state index < -0.39 is 0 Å². The van der Waals surface area contributed by atoms with Gasteiger partial charge in [-0.2, -0.15) is 5.10 Å². The topological polar surface area (TPSA) is 42.7 Å². The minimum Gasteiger partial charge on any atom is -0.339 e. The van der Waals surface area contributed by atoms with Gasteiger partial charge in [0, 0.05) is 52.3 Å². The summed E-state index contributed by atoms with van der Waals surface area (Å²) in [6, 6.07) is 8.72. The van der Waals surface area contributed by atoms with E-state index in [1.165, 1.54) is 52.4 Å². The Kier molecular flexibility index (Phi) is 6.30. The van der Waals surface area contributed by atoms with Crippen molar-refractivity contribution in [3.63, 3.8) is 0 Å². The van der Waals surface area contributed by atoms with Gasteiger partial charge in [0.1, 0.15) is 0 Å². The second-order valence-corrected chi connectivity index (χ2v) is 10.9. The summed E-state index contributed by atoms with van der Waals surface area (Å²) in [5, 5.41) is 9.83. The molecule has 1 N–H and O–H groups in total. The van der Waals surface area contributed by atoms with E-state index in [0.29, 0.717) is 11.2 Å². The predicted molar refractivity (Wildman–Crippen MR) is 126 cm³/mol. The molecule has 4 rings (SSSR count). The summed E-state index contributed by atoms with van der Waals surface area (Å²) in [6.07, 6.45) is 8.76. The number of rotatable bonds is 6. The molecule has 2 heterocycles. The normalized spacial score (nSPS) is 15.2. The minimum absolute atomic E-state index is 0.520. The van der Waals surface area contributed by atoms with Crippen molar-refractivity contribution < 1.29 is 0 Å². The predicted octanol–water partition coefficient (Wildman–Crippen LogP) is 7.14. The summed E-state index contributed by atoms with van der Waals surface area (Å²) >= 11 is 3.80. The van der Waals surface area contributed by atoms with E-state index in [2.05, 4.69) is 61.6 Å². The fourth-order valence-electron chi connectivity index (χ4n) is 3.88. The van der Waals surface area contributed by atoms with Crippen LogP contribution in [0.3, 0.4) is 0 Å². The Morgan fingerprint density at radius 2 is 1.97 bits per heavy atom. The molecule has 2 aromatic heterocycles. The Bertz CT molecular complexity index is 948. The molecular weight excluding hydrogens is 396 g/mol. The van der Waals surface area contributed by atoms with Crippen LogP contribution in [-0.4, -0.2) is 20.0 Å². The molecule has 1 aliphatic carbocycles. The van der Waals surface area contributed by atoms with Crippen molar-refractivity contribution >= 4 is 34.6 Å². The second-order valence-electron chi connectivity index (χ2n) is 8.19. The van der Waals surface area contributed by atoms with Gasteiger partial charge >= 0.3 is 0 Å². The third-order valence-electron chi connectivity index (χ3n) is 5.47. The molecule has 0 aliphatic heterocycles. The minimum atomic E-state index is 0.520. The van der Waals surface area contributed by atoms with E-state index in [9.17, 15) is 0 Å². The number of hydrogen-bond acceptors (Lipinski definition) is 5. The van der Waals surface area contributed by atoms with E-state index in [1.807, 2.05) is 34.8 Å². The molecule has 4 nitrogen and oxygen atoms in total. The Balaban J connectivity index is 1.61. The first-order valence-corrected chi connectivity index (χ1v) is 12.2. The lowest BCUT2D eigenvalue weighted by molar-refractivity contribution is 0.442. The summed E-state index contributed by atoms with van der Waals surface area (Å²) < 4.78 is 1.89. The first kappa shape index (κ1) is 20.5. The maximum absolute atomic E-state index is 4.82. The summed E-state index contributed by atoms with van der Waals surface area (Å²) in [6.45, 7) is 6.56. The number of aromatic nitrogens is 3. The highest BCUT2D eigenvalue weighted by Gasteiger charge is 2.20. The van der Waals surface area contributed by atoms with Gasteiger partial charge < -0.3 is 5.32 Å². The summed E-state index contributed by atoms with van der Waals surface area (Å²) in [7, 11) is 1.97. The van der Waals surface area contributed by atoms with E-state index in [0.717, 1.165) is 17.2 Å². The Labute approximate surface area is 182 Å². The van der Waals surface area contributed by atoms with Crippen LogP contribution in [0, 0.1) is 6.92 Å². The molecule has 0 spiro atoms. The van der Waals surface area contributed by atoms with Crippen LogP contribution < -0.4 is 5.32 Å². The van der Waals surface area contributed by atoms with Crippen molar-refractivity contribution in [1.29, 1.82) is 0 Å². The Morgan fingerprint density at radius 3 is 2.66 bits per heavy atom. The summed E-state index contributed by atoms with van der Waals surface area (Å²) in [4.78, 5) is 7.41. The zero-order valence-electron chi connectivity index (χ0n) is 17.7. The standard InChI is InChI=1S/C23H30N4S2/c1-15(2)28-20-13-18(25-22-12-16(3)27(4)26-22)10-11-19(20)21-14-24-23(29-21)17-8-6-5-7-9-17/h10-15,17H,5-9H2,1-4H3,(H,25,26). The van der Waals surface area contributed by atoms with Crippen LogP contribution in [0.5, 0.6) is 0 Å². The molecule has 3 aromatic rings. The van der Waals surface area contributed by atoms with Crippen molar-refractivity contribution in [1.82, 2.24) is 14.8 Å². The Hall–Kier alpha value is -1.79. The van der Waals surface area contributed by atoms with Crippen molar-refractivity contribution in [3.05, 3.63) is 41.2 Å². The average molecular weight is 427 g/mol. The molecule has 0 unspecified atom stereocenters. The van der Waals surface area contributed by atoms with E-state index >= 15 is 0 Å². The smallest absolute Gasteiger partial charge is 0.152 e. The van der Waals surface area contributed by atoms with Gasteiger partial charge in [-0.15, -0.1) is 23.1 Å². The zero-order chi connectivity index (χ0) is 20.4. The fraction of sp³-hybridized carbons (Fsp3) is 0.478. The van der Waals surface area contributed by atoms with Gasteiger partial charge in [-0.25, -0.2) is 4.98 Å². The monoisotopic (exact) mass is 426 g/mol. The van der Waals surface area contributed by atoms with Crippen LogP contribution in [0.25, 0.3) is 10.4 Å². The first-order valence-electron chi connectivity index (χ1n) is 10.5. The number of nitrogens with one attached hydrogen (secondary N) is 1. The van der Waals surface area contributed by atoms with E-state index in [4.69, 9.17) is 4.98 Å². The highest BCUT2D eigenvalue weighted by atomic mass is 32.2. The van der Waals surface area contributed by atoms with Crippen LogP contribution in [-0.2, 0) is 7.05 Å². The van der Waals surface area contributed by atoms with Gasteiger partial charge in [0.15, 0.2) is 5.82 Å². The highest BCUT2D eigenvalue weighted by Crippen LogP contribution is 2.41. The lowest BCUT2D eigenvalue weighted by Gasteiger charge is -2.19. The molecule has 6 heteroatoms. The molecule has 0 radical (unpaired) electrons. The number of aryl methyl sites for hydroxylation is 2. The third kappa shape index (κ3) is 4.86. The van der Waals surface area contributed by atoms with Gasteiger partial charge in [0.25, 0.3) is 0 Å². The van der Waals surface area contributed by atoms with Crippen molar-refractivity contribution in [2.24, 2.45) is 7.05 Å². The van der Waals surface area contributed by atoms with Crippen LogP contribution >= 0.6 is 23.1 Å². The number of thiazole rings is 1. The van der Waals surface area contributed by atoms with Crippen molar-refractivity contribution in [3.8, 4) is 10.4 Å². The molecule has 0 bridgehead atoms. The second kappa shape index (κ2) is 8.92. The summed E-state index contributed by atoms with van der Waals surface area (Å²) in [5.74, 6) is 1.55. The molecule has 0 atom stereocenters. The third-order valence-corrected chi connectivity index (χ3v) is 7.73. The molecule has 1 aliphatic rings.